The van der Waals surface area contributed by atoms with Gasteiger partial charge in [0.1, 0.15) is 5.60 Å². The number of carbonyl (C=O) groups is 2. The van der Waals surface area contributed by atoms with Gasteiger partial charge in [-0.25, -0.2) is 4.79 Å². The van der Waals surface area contributed by atoms with Crippen LogP contribution in [0.2, 0.25) is 0 Å². The second-order valence-corrected chi connectivity index (χ2v) is 4.50. The fraction of sp³-hybridized carbons (Fsp3) is 0.778. The van der Waals surface area contributed by atoms with E-state index < -0.39 is 23.2 Å². The Morgan fingerprint density at radius 3 is 2.14 bits per heavy atom. The van der Waals surface area contributed by atoms with Crippen LogP contribution in [0.5, 0.6) is 0 Å². The molecule has 0 atom stereocenters. The number of rotatable bonds is 2. The Morgan fingerprint density at radius 2 is 1.86 bits per heavy atom. The lowest BCUT2D eigenvalue weighted by molar-refractivity contribution is -0.310. The van der Waals surface area contributed by atoms with Gasteiger partial charge in [-0.05, 0) is 33.6 Å². The van der Waals surface area contributed by atoms with Gasteiger partial charge in [0.2, 0.25) is 0 Å². The van der Waals surface area contributed by atoms with Gasteiger partial charge in [-0.15, -0.1) is 0 Å². The number of carboxylic acids is 1. The van der Waals surface area contributed by atoms with Crippen molar-refractivity contribution in [2.75, 3.05) is 0 Å². The summed E-state index contributed by atoms with van der Waals surface area (Å²) in [4.78, 5) is 21.8. The highest BCUT2D eigenvalue weighted by Crippen LogP contribution is 2.34. The summed E-state index contributed by atoms with van der Waals surface area (Å²) in [5.41, 5.74) is -1.80. The number of hydrogen-bond donors (Lipinski definition) is 1. The molecule has 5 heteroatoms. The normalized spacial score (nSPS) is 18.5. The standard InChI is InChI=1S/C9H15NO4/c1-8(2,3)14-7(13)10-9(4-5-9)6(11)12/h4-5H2,1-3H3,(H,10,13)(H,11,12)/p-1. The molecule has 14 heavy (non-hydrogen) atoms. The van der Waals surface area contributed by atoms with Crippen LogP contribution in [0, 0.1) is 0 Å². The molecule has 0 saturated heterocycles. The molecule has 0 bridgehead atoms. The van der Waals surface area contributed by atoms with Crippen LogP contribution >= 0.6 is 0 Å². The number of ether oxygens (including phenoxy) is 1. The van der Waals surface area contributed by atoms with Crippen LogP contribution in [0.3, 0.4) is 0 Å². The molecular formula is C9H14NO4-. The lowest BCUT2D eigenvalue weighted by Crippen LogP contribution is -2.51. The third kappa shape index (κ3) is 2.61. The number of aliphatic carboxylic acids is 1. The van der Waals surface area contributed by atoms with Crippen molar-refractivity contribution in [2.45, 2.75) is 44.8 Å². The highest BCUT2D eigenvalue weighted by Gasteiger charge is 2.46. The predicted octanol–water partition coefficient (Wildman–Crippen LogP) is -0.206. The van der Waals surface area contributed by atoms with E-state index in [1.54, 1.807) is 20.8 Å². The first-order valence-electron chi connectivity index (χ1n) is 4.48. The van der Waals surface area contributed by atoms with E-state index in [2.05, 4.69) is 5.32 Å². The molecule has 0 spiro atoms. The van der Waals surface area contributed by atoms with Crippen molar-refractivity contribution >= 4 is 12.1 Å². The Balaban J connectivity index is 2.46. The van der Waals surface area contributed by atoms with E-state index in [4.69, 9.17) is 4.74 Å². The summed E-state index contributed by atoms with van der Waals surface area (Å²) in [6.07, 6.45) is 0.113. The Kier molecular flexibility index (Phi) is 2.43. The van der Waals surface area contributed by atoms with Gasteiger partial charge in [-0.3, -0.25) is 0 Å². The first-order chi connectivity index (χ1) is 6.25. The van der Waals surface area contributed by atoms with Crippen molar-refractivity contribution in [1.29, 1.82) is 0 Å². The third-order valence-corrected chi connectivity index (χ3v) is 1.88. The number of carboxylic acid groups (broad SMARTS) is 1. The molecule has 1 amide bonds. The Bertz CT molecular complexity index is 262. The molecular weight excluding hydrogens is 186 g/mol. The topological polar surface area (TPSA) is 78.5 Å². The van der Waals surface area contributed by atoms with E-state index in [1.165, 1.54) is 0 Å². The van der Waals surface area contributed by atoms with Crippen LogP contribution in [0.15, 0.2) is 0 Å². The first-order valence-corrected chi connectivity index (χ1v) is 4.48. The van der Waals surface area contributed by atoms with Gasteiger partial charge in [0.05, 0.1) is 11.5 Å². The van der Waals surface area contributed by atoms with E-state index in [0.29, 0.717) is 12.8 Å². The summed E-state index contributed by atoms with van der Waals surface area (Å²) in [5, 5.41) is 12.9. The minimum absolute atomic E-state index is 0.411. The highest BCUT2D eigenvalue weighted by atomic mass is 16.6. The molecule has 1 rings (SSSR count). The van der Waals surface area contributed by atoms with E-state index in [9.17, 15) is 14.7 Å². The number of carbonyl (C=O) groups excluding carboxylic acids is 2. The fourth-order valence-corrected chi connectivity index (χ4v) is 1.00. The van der Waals surface area contributed by atoms with Crippen molar-refractivity contribution in [3.8, 4) is 0 Å². The van der Waals surface area contributed by atoms with E-state index >= 15 is 0 Å². The minimum atomic E-state index is -1.25. The number of hydrogen-bond acceptors (Lipinski definition) is 4. The molecule has 80 valence electrons. The number of nitrogens with one attached hydrogen (secondary N) is 1. The van der Waals surface area contributed by atoms with Crippen molar-refractivity contribution in [3.63, 3.8) is 0 Å². The Hall–Kier alpha value is -1.26. The molecule has 0 aromatic rings. The number of alkyl carbamates (subject to hydrolysis) is 1. The maximum absolute atomic E-state index is 11.2. The molecule has 5 nitrogen and oxygen atoms in total. The lowest BCUT2D eigenvalue weighted by atomic mass is 10.2. The predicted molar refractivity (Wildman–Crippen MR) is 46.3 cm³/mol. The summed E-state index contributed by atoms with van der Waals surface area (Å²) in [6, 6.07) is 0. The monoisotopic (exact) mass is 200 g/mol. The van der Waals surface area contributed by atoms with Crippen LogP contribution in [0.1, 0.15) is 33.6 Å². The zero-order chi connectivity index (χ0) is 11.0. The second kappa shape index (κ2) is 3.15. The molecule has 1 N–H and O–H groups in total. The van der Waals surface area contributed by atoms with Gasteiger partial charge in [0.15, 0.2) is 0 Å². The highest BCUT2D eigenvalue weighted by molar-refractivity contribution is 5.86. The average Bonchev–Trinajstić information content (AvgIpc) is 2.63. The van der Waals surface area contributed by atoms with Crippen molar-refractivity contribution in [1.82, 2.24) is 5.32 Å². The van der Waals surface area contributed by atoms with E-state index in [-0.39, 0.29) is 0 Å². The molecule has 1 saturated carbocycles. The second-order valence-electron chi connectivity index (χ2n) is 4.50. The molecule has 0 radical (unpaired) electrons. The van der Waals surface area contributed by atoms with Gasteiger partial charge in [-0.1, -0.05) is 0 Å². The van der Waals surface area contributed by atoms with E-state index in [0.717, 1.165) is 0 Å². The largest absolute Gasteiger partial charge is 0.548 e. The summed E-state index contributed by atoms with van der Waals surface area (Å²) < 4.78 is 4.92. The van der Waals surface area contributed by atoms with Crippen LogP contribution in [-0.2, 0) is 9.53 Å². The van der Waals surface area contributed by atoms with Crippen LogP contribution in [0.25, 0.3) is 0 Å². The van der Waals surface area contributed by atoms with Gasteiger partial charge in [0, 0.05) is 0 Å². The number of amides is 1. The van der Waals surface area contributed by atoms with Gasteiger partial charge < -0.3 is 20.0 Å². The first kappa shape index (κ1) is 10.8. The third-order valence-electron chi connectivity index (χ3n) is 1.88. The maximum Gasteiger partial charge on any atom is 0.408 e. The summed E-state index contributed by atoms with van der Waals surface area (Å²) >= 11 is 0. The van der Waals surface area contributed by atoms with E-state index in [1.807, 2.05) is 0 Å². The SMILES string of the molecule is CC(C)(C)OC(=O)NC1(C(=O)[O-])CC1. The fourth-order valence-electron chi connectivity index (χ4n) is 1.00. The average molecular weight is 200 g/mol. The van der Waals surface area contributed by atoms with Gasteiger partial charge in [0.25, 0.3) is 0 Å². The zero-order valence-corrected chi connectivity index (χ0v) is 8.55. The lowest BCUT2D eigenvalue weighted by Gasteiger charge is -2.23. The molecule has 0 heterocycles. The quantitative estimate of drug-likeness (QED) is 0.669. The van der Waals surface area contributed by atoms with Crippen molar-refractivity contribution in [2.24, 2.45) is 0 Å². The Morgan fingerprint density at radius 1 is 1.36 bits per heavy atom. The van der Waals surface area contributed by atoms with Crippen molar-refractivity contribution in [3.05, 3.63) is 0 Å². The minimum Gasteiger partial charge on any atom is -0.548 e. The molecule has 0 unspecified atom stereocenters. The smallest absolute Gasteiger partial charge is 0.408 e. The molecule has 0 aromatic heterocycles. The van der Waals surface area contributed by atoms with Crippen molar-refractivity contribution < 1.29 is 19.4 Å². The van der Waals surface area contributed by atoms with Crippen LogP contribution in [-0.4, -0.2) is 23.2 Å². The summed E-state index contributed by atoms with van der Waals surface area (Å²) in [7, 11) is 0. The molecule has 0 aromatic carbocycles. The van der Waals surface area contributed by atoms with Crippen LogP contribution < -0.4 is 10.4 Å². The molecule has 0 aliphatic heterocycles. The molecule has 1 aliphatic rings. The van der Waals surface area contributed by atoms with Gasteiger partial charge in [-0.2, -0.15) is 0 Å². The van der Waals surface area contributed by atoms with Gasteiger partial charge >= 0.3 is 6.09 Å². The molecule has 1 aliphatic carbocycles. The Labute approximate surface area is 82.4 Å². The van der Waals surface area contributed by atoms with Crippen LogP contribution in [0.4, 0.5) is 4.79 Å². The summed E-state index contributed by atoms with van der Waals surface area (Å²) in [5.74, 6) is -1.25. The maximum atomic E-state index is 11.2. The molecule has 1 fully saturated rings. The zero-order valence-electron chi connectivity index (χ0n) is 8.55. The summed E-state index contributed by atoms with van der Waals surface area (Å²) in [6.45, 7) is 5.14.